The molecular formula is C13H11N3. The third-order valence-electron chi connectivity index (χ3n) is 2.44. The summed E-state index contributed by atoms with van der Waals surface area (Å²) in [5.41, 5.74) is 3.88. The molecule has 0 atom stereocenters. The normalized spacial score (nSPS) is 9.44. The van der Waals surface area contributed by atoms with Crippen LogP contribution in [-0.4, -0.2) is 4.98 Å². The molecule has 0 fully saturated rings. The van der Waals surface area contributed by atoms with E-state index in [1.165, 1.54) is 0 Å². The molecule has 16 heavy (non-hydrogen) atoms. The molecule has 1 N–H and O–H groups in total. The number of H-pyrrole nitrogens is 1. The molecule has 3 nitrogen and oxygen atoms in total. The van der Waals surface area contributed by atoms with Gasteiger partial charge in [0, 0.05) is 12.8 Å². The van der Waals surface area contributed by atoms with Crippen LogP contribution in [0, 0.1) is 29.6 Å². The van der Waals surface area contributed by atoms with Gasteiger partial charge in [0.05, 0.1) is 17.2 Å². The summed E-state index contributed by atoms with van der Waals surface area (Å²) in [7, 11) is 0. The largest absolute Gasteiger partial charge is 0.358 e. The van der Waals surface area contributed by atoms with Crippen molar-refractivity contribution in [2.24, 2.45) is 0 Å². The van der Waals surface area contributed by atoms with Crippen molar-refractivity contribution in [1.29, 1.82) is 10.5 Å². The molecule has 78 valence electrons. The molecule has 0 amide bonds. The minimum atomic E-state index is 0. The van der Waals surface area contributed by atoms with Gasteiger partial charge in [-0.1, -0.05) is 12.1 Å². The van der Waals surface area contributed by atoms with Crippen molar-refractivity contribution >= 4 is 0 Å². The molecular weight excluding hydrogens is 198 g/mol. The summed E-state index contributed by atoms with van der Waals surface area (Å²) in [5, 5.41) is 17.7. The van der Waals surface area contributed by atoms with E-state index in [1.54, 1.807) is 18.2 Å². The van der Waals surface area contributed by atoms with Crippen molar-refractivity contribution < 1.29 is 1.43 Å². The zero-order chi connectivity index (χ0) is 11.5. The number of rotatable bonds is 1. The summed E-state index contributed by atoms with van der Waals surface area (Å²) in [6.07, 6.45) is 0. The van der Waals surface area contributed by atoms with E-state index in [1.807, 2.05) is 19.1 Å². The van der Waals surface area contributed by atoms with Crippen LogP contribution >= 0.6 is 0 Å². The van der Waals surface area contributed by atoms with Gasteiger partial charge in [-0.15, -0.1) is 0 Å². The molecule has 0 aliphatic heterocycles. The third-order valence-corrected chi connectivity index (χ3v) is 2.44. The Morgan fingerprint density at radius 2 is 2.00 bits per heavy atom. The molecule has 0 bridgehead atoms. The van der Waals surface area contributed by atoms with Crippen molar-refractivity contribution in [2.75, 3.05) is 0 Å². The maximum Gasteiger partial charge on any atom is 0.101 e. The van der Waals surface area contributed by atoms with Crippen LogP contribution in [0.5, 0.6) is 0 Å². The quantitative estimate of drug-likeness (QED) is 0.784. The Bertz CT molecular complexity index is 614. The Morgan fingerprint density at radius 1 is 1.19 bits per heavy atom. The van der Waals surface area contributed by atoms with E-state index >= 15 is 0 Å². The molecule has 1 aromatic heterocycles. The van der Waals surface area contributed by atoms with Gasteiger partial charge in [-0.2, -0.15) is 10.5 Å². The smallest absolute Gasteiger partial charge is 0.101 e. The summed E-state index contributed by atoms with van der Waals surface area (Å²) in [6, 6.07) is 13.3. The van der Waals surface area contributed by atoms with E-state index in [-0.39, 0.29) is 1.43 Å². The maximum absolute atomic E-state index is 8.86. The minimum absolute atomic E-state index is 0. The second kappa shape index (κ2) is 3.92. The van der Waals surface area contributed by atoms with Crippen LogP contribution < -0.4 is 0 Å². The van der Waals surface area contributed by atoms with Gasteiger partial charge in [0.2, 0.25) is 0 Å². The predicted molar refractivity (Wildman–Crippen MR) is 62.5 cm³/mol. The van der Waals surface area contributed by atoms with E-state index in [9.17, 15) is 0 Å². The van der Waals surface area contributed by atoms with Gasteiger partial charge in [-0.25, -0.2) is 0 Å². The molecule has 0 saturated carbocycles. The van der Waals surface area contributed by atoms with Crippen LogP contribution in [0.4, 0.5) is 0 Å². The van der Waals surface area contributed by atoms with Crippen LogP contribution in [0.2, 0.25) is 0 Å². The molecule has 1 aromatic carbocycles. The second-order valence-electron chi connectivity index (χ2n) is 3.53. The maximum atomic E-state index is 8.86. The molecule has 0 aliphatic rings. The number of aromatic amines is 1. The van der Waals surface area contributed by atoms with Crippen molar-refractivity contribution in [3.63, 3.8) is 0 Å². The fourth-order valence-corrected chi connectivity index (χ4v) is 1.59. The van der Waals surface area contributed by atoms with E-state index < -0.39 is 0 Å². The Balaban J connectivity index is 0.00000144. The van der Waals surface area contributed by atoms with Crippen molar-refractivity contribution in [2.45, 2.75) is 6.92 Å². The summed E-state index contributed by atoms with van der Waals surface area (Å²) < 4.78 is 0. The monoisotopic (exact) mass is 209 g/mol. The average Bonchev–Trinajstić information content (AvgIpc) is 2.71. The van der Waals surface area contributed by atoms with E-state index in [0.717, 1.165) is 17.0 Å². The van der Waals surface area contributed by atoms with Crippen LogP contribution in [-0.2, 0) is 0 Å². The zero-order valence-electron chi connectivity index (χ0n) is 8.78. The number of hydrogen-bond donors (Lipinski definition) is 1. The first-order valence-corrected chi connectivity index (χ1v) is 4.85. The van der Waals surface area contributed by atoms with Crippen LogP contribution in [0.1, 0.15) is 18.2 Å². The van der Waals surface area contributed by atoms with Gasteiger partial charge >= 0.3 is 0 Å². The lowest BCUT2D eigenvalue weighted by atomic mass is 10.1. The van der Waals surface area contributed by atoms with Gasteiger partial charge in [0.25, 0.3) is 0 Å². The summed E-state index contributed by atoms with van der Waals surface area (Å²) in [4.78, 5) is 3.13. The lowest BCUT2D eigenvalue weighted by molar-refractivity contribution is 1.25. The lowest BCUT2D eigenvalue weighted by Gasteiger charge is -1.97. The van der Waals surface area contributed by atoms with Gasteiger partial charge in [0.15, 0.2) is 0 Å². The average molecular weight is 209 g/mol. The van der Waals surface area contributed by atoms with Gasteiger partial charge in [0.1, 0.15) is 6.07 Å². The Morgan fingerprint density at radius 3 is 2.62 bits per heavy atom. The van der Waals surface area contributed by atoms with Gasteiger partial charge < -0.3 is 4.98 Å². The number of benzene rings is 1. The summed E-state index contributed by atoms with van der Waals surface area (Å²) in [5.74, 6) is 0. The molecule has 1 heterocycles. The topological polar surface area (TPSA) is 63.4 Å². The SMILES string of the molecule is Cc1[nH]c(-c2cccc(C#N)c2)cc1C#N.[HH]. The van der Waals surface area contributed by atoms with E-state index in [4.69, 9.17) is 10.5 Å². The highest BCUT2D eigenvalue weighted by atomic mass is 14.7. The summed E-state index contributed by atoms with van der Waals surface area (Å²) in [6.45, 7) is 1.86. The van der Waals surface area contributed by atoms with Crippen LogP contribution in [0.15, 0.2) is 30.3 Å². The molecule has 0 spiro atoms. The van der Waals surface area contributed by atoms with Crippen LogP contribution in [0.3, 0.4) is 0 Å². The standard InChI is InChI=1S/C13H9N3.H2/c1-9-12(8-15)6-13(16-9)11-4-2-3-10(5-11)7-14;/h2-6,16H,1H3;1H. The number of nitrogens with zero attached hydrogens (tertiary/aromatic N) is 2. The number of hydrogen-bond acceptors (Lipinski definition) is 2. The molecule has 3 heteroatoms. The summed E-state index contributed by atoms with van der Waals surface area (Å²) >= 11 is 0. The number of aryl methyl sites for hydroxylation is 1. The molecule has 0 radical (unpaired) electrons. The predicted octanol–water partition coefficient (Wildman–Crippen LogP) is 2.98. The first-order valence-electron chi connectivity index (χ1n) is 4.85. The first-order chi connectivity index (χ1) is 7.74. The van der Waals surface area contributed by atoms with Crippen molar-refractivity contribution in [3.05, 3.63) is 47.2 Å². The first kappa shape index (κ1) is 10.0. The Hall–Kier alpha value is -2.52. The highest BCUT2D eigenvalue weighted by Gasteiger charge is 2.05. The fourth-order valence-electron chi connectivity index (χ4n) is 1.59. The second-order valence-corrected chi connectivity index (χ2v) is 3.53. The molecule has 2 rings (SSSR count). The Kier molecular flexibility index (Phi) is 2.45. The fraction of sp³-hybridized carbons (Fsp3) is 0.0769. The van der Waals surface area contributed by atoms with Crippen molar-refractivity contribution in [3.8, 4) is 23.4 Å². The van der Waals surface area contributed by atoms with Gasteiger partial charge in [-0.05, 0) is 30.7 Å². The molecule has 0 saturated heterocycles. The number of nitrogens with one attached hydrogen (secondary N) is 1. The number of nitriles is 2. The van der Waals surface area contributed by atoms with Gasteiger partial charge in [-0.3, -0.25) is 0 Å². The van der Waals surface area contributed by atoms with E-state index in [0.29, 0.717) is 11.1 Å². The minimum Gasteiger partial charge on any atom is -0.358 e. The van der Waals surface area contributed by atoms with E-state index in [2.05, 4.69) is 17.1 Å². The number of aromatic nitrogens is 1. The molecule has 0 aliphatic carbocycles. The Labute approximate surface area is 95.1 Å². The highest BCUT2D eigenvalue weighted by molar-refractivity contribution is 5.64. The zero-order valence-corrected chi connectivity index (χ0v) is 8.78. The molecule has 0 unspecified atom stereocenters. The lowest BCUT2D eigenvalue weighted by Crippen LogP contribution is -1.80. The highest BCUT2D eigenvalue weighted by Crippen LogP contribution is 2.21. The molecule has 2 aromatic rings. The third kappa shape index (κ3) is 1.67. The van der Waals surface area contributed by atoms with Crippen LogP contribution in [0.25, 0.3) is 11.3 Å². The van der Waals surface area contributed by atoms with Crippen molar-refractivity contribution in [1.82, 2.24) is 4.98 Å².